The number of hydrogen-bond donors (Lipinski definition) is 2. The number of aromatic nitrogens is 3. The van der Waals surface area contributed by atoms with Crippen molar-refractivity contribution >= 4 is 22.5 Å². The highest BCUT2D eigenvalue weighted by atomic mass is 32.1. The highest BCUT2D eigenvalue weighted by Crippen LogP contribution is 2.27. The molecule has 7 nitrogen and oxygen atoms in total. The van der Waals surface area contributed by atoms with Crippen molar-refractivity contribution in [2.24, 2.45) is 0 Å². The predicted molar refractivity (Wildman–Crippen MR) is 92.9 cm³/mol. The normalized spacial score (nSPS) is 23.7. The van der Waals surface area contributed by atoms with Gasteiger partial charge in [0.1, 0.15) is 5.69 Å². The molecule has 2 aromatic rings. The maximum absolute atomic E-state index is 12.3. The lowest BCUT2D eigenvalue weighted by Crippen LogP contribution is -2.47. The Kier molecular flexibility index (Phi) is 4.40. The number of anilines is 1. The highest BCUT2D eigenvalue weighted by molar-refractivity contribution is 7.18. The summed E-state index contributed by atoms with van der Waals surface area (Å²) in [6.07, 6.45) is 6.44. The molecule has 0 radical (unpaired) electrons. The minimum atomic E-state index is -0.198. The molecule has 2 fully saturated rings. The lowest BCUT2D eigenvalue weighted by Gasteiger charge is -2.32. The number of amides is 2. The van der Waals surface area contributed by atoms with Gasteiger partial charge in [0.15, 0.2) is 5.01 Å². The van der Waals surface area contributed by atoms with Crippen molar-refractivity contribution in [2.75, 3.05) is 18.4 Å². The smallest absolute Gasteiger partial charge is 0.321 e. The number of nitrogens with zero attached hydrogens (tertiary/aromatic N) is 4. The summed E-state index contributed by atoms with van der Waals surface area (Å²) >= 11 is 1.33. The third-order valence-corrected chi connectivity index (χ3v) is 5.56. The third kappa shape index (κ3) is 3.25. The van der Waals surface area contributed by atoms with Gasteiger partial charge in [0, 0.05) is 24.8 Å². The predicted octanol–water partition coefficient (Wildman–Crippen LogP) is 2.35. The molecule has 2 amide bonds. The van der Waals surface area contributed by atoms with E-state index in [1.54, 1.807) is 6.20 Å². The molecule has 2 saturated heterocycles. The van der Waals surface area contributed by atoms with Gasteiger partial charge >= 0.3 is 6.03 Å². The molecule has 4 rings (SSSR count). The Morgan fingerprint density at radius 1 is 1.21 bits per heavy atom. The lowest BCUT2D eigenvalue weighted by atomic mass is 9.99. The van der Waals surface area contributed by atoms with E-state index in [0.29, 0.717) is 16.2 Å². The molecule has 0 saturated carbocycles. The fourth-order valence-electron chi connectivity index (χ4n) is 3.58. The summed E-state index contributed by atoms with van der Waals surface area (Å²) in [5.41, 5.74) is 0.761. The molecule has 0 bridgehead atoms. The maximum Gasteiger partial charge on any atom is 0.321 e. The van der Waals surface area contributed by atoms with E-state index in [4.69, 9.17) is 0 Å². The molecule has 0 aliphatic carbocycles. The SMILES string of the molecule is O=C(Nc1nnc(-c2ccccn2)s1)N[C@@H]1CCN2CCCC[C@H]12. The van der Waals surface area contributed by atoms with Crippen LogP contribution < -0.4 is 10.6 Å². The molecule has 2 aromatic heterocycles. The number of pyridine rings is 1. The van der Waals surface area contributed by atoms with Gasteiger partial charge < -0.3 is 5.32 Å². The first-order valence-corrected chi connectivity index (χ1v) is 9.18. The zero-order chi connectivity index (χ0) is 16.4. The minimum Gasteiger partial charge on any atom is -0.333 e. The zero-order valence-corrected chi connectivity index (χ0v) is 14.1. The van der Waals surface area contributed by atoms with Crippen LogP contribution in [0.5, 0.6) is 0 Å². The molecule has 0 aromatic carbocycles. The summed E-state index contributed by atoms with van der Waals surface area (Å²) in [6.45, 7) is 2.24. The van der Waals surface area contributed by atoms with Gasteiger partial charge in [-0.3, -0.25) is 15.2 Å². The quantitative estimate of drug-likeness (QED) is 0.893. The molecular formula is C16H20N6OS. The van der Waals surface area contributed by atoms with E-state index in [1.807, 2.05) is 18.2 Å². The average Bonchev–Trinajstić information content (AvgIpc) is 3.23. The number of carbonyl (C=O) groups excluding carboxylic acids is 1. The van der Waals surface area contributed by atoms with Gasteiger partial charge in [-0.1, -0.05) is 23.8 Å². The van der Waals surface area contributed by atoms with Crippen molar-refractivity contribution in [1.29, 1.82) is 0 Å². The number of fused-ring (bicyclic) bond motifs is 1. The Bertz CT molecular complexity index is 706. The summed E-state index contributed by atoms with van der Waals surface area (Å²) in [6, 6.07) is 6.15. The minimum absolute atomic E-state index is 0.198. The molecule has 8 heteroatoms. The molecule has 2 N–H and O–H groups in total. The Balaban J connectivity index is 1.36. The van der Waals surface area contributed by atoms with Crippen molar-refractivity contribution in [1.82, 2.24) is 25.4 Å². The Morgan fingerprint density at radius 2 is 2.17 bits per heavy atom. The number of piperidine rings is 1. The van der Waals surface area contributed by atoms with Crippen LogP contribution in [0.25, 0.3) is 10.7 Å². The number of rotatable bonds is 3. The van der Waals surface area contributed by atoms with E-state index in [2.05, 4.69) is 30.7 Å². The molecule has 0 spiro atoms. The standard InChI is InChI=1S/C16H20N6OS/c23-15(18-11-7-10-22-9-4-2-6-13(11)22)19-16-21-20-14(24-16)12-5-1-3-8-17-12/h1,3,5,8,11,13H,2,4,6-7,9-10H2,(H2,18,19,21,23)/t11-,13-/m1/s1. The fourth-order valence-corrected chi connectivity index (χ4v) is 4.30. The van der Waals surface area contributed by atoms with Crippen LogP contribution in [-0.4, -0.2) is 51.3 Å². The van der Waals surface area contributed by atoms with Crippen LogP contribution in [-0.2, 0) is 0 Å². The fraction of sp³-hybridized carbons (Fsp3) is 0.500. The van der Waals surface area contributed by atoms with E-state index in [0.717, 1.165) is 25.2 Å². The van der Waals surface area contributed by atoms with Crippen LogP contribution in [0.2, 0.25) is 0 Å². The van der Waals surface area contributed by atoms with Crippen molar-refractivity contribution in [2.45, 2.75) is 37.8 Å². The van der Waals surface area contributed by atoms with Crippen LogP contribution in [0.4, 0.5) is 9.93 Å². The van der Waals surface area contributed by atoms with Gasteiger partial charge in [0.05, 0.1) is 0 Å². The van der Waals surface area contributed by atoms with Crippen LogP contribution >= 0.6 is 11.3 Å². The summed E-state index contributed by atoms with van der Waals surface area (Å²) in [4.78, 5) is 19.0. The van der Waals surface area contributed by atoms with E-state index < -0.39 is 0 Å². The van der Waals surface area contributed by atoms with E-state index in [-0.39, 0.29) is 12.1 Å². The molecule has 2 aliphatic heterocycles. The Hall–Kier alpha value is -2.06. The average molecular weight is 344 g/mol. The summed E-state index contributed by atoms with van der Waals surface area (Å²) < 4.78 is 0. The van der Waals surface area contributed by atoms with Crippen LogP contribution in [0.1, 0.15) is 25.7 Å². The van der Waals surface area contributed by atoms with E-state index in [1.165, 1.54) is 30.6 Å². The first-order valence-electron chi connectivity index (χ1n) is 8.36. The van der Waals surface area contributed by atoms with E-state index in [9.17, 15) is 4.79 Å². The third-order valence-electron chi connectivity index (χ3n) is 4.70. The number of carbonyl (C=O) groups is 1. The topological polar surface area (TPSA) is 83.0 Å². The number of urea groups is 1. The van der Waals surface area contributed by atoms with Gasteiger partial charge in [-0.15, -0.1) is 10.2 Å². The first kappa shape index (κ1) is 15.5. The number of hydrogen-bond acceptors (Lipinski definition) is 6. The molecular weight excluding hydrogens is 324 g/mol. The van der Waals surface area contributed by atoms with Crippen LogP contribution in [0, 0.1) is 0 Å². The van der Waals surface area contributed by atoms with Gasteiger partial charge in [-0.2, -0.15) is 0 Å². The Labute approximate surface area is 144 Å². The zero-order valence-electron chi connectivity index (χ0n) is 13.3. The Morgan fingerprint density at radius 3 is 3.04 bits per heavy atom. The van der Waals surface area contributed by atoms with Crippen molar-refractivity contribution in [3.8, 4) is 10.7 Å². The summed E-state index contributed by atoms with van der Waals surface area (Å²) in [5.74, 6) is 0. The summed E-state index contributed by atoms with van der Waals surface area (Å²) in [7, 11) is 0. The van der Waals surface area contributed by atoms with Crippen molar-refractivity contribution in [3.63, 3.8) is 0 Å². The summed E-state index contributed by atoms with van der Waals surface area (Å²) in [5, 5.41) is 15.2. The largest absolute Gasteiger partial charge is 0.333 e. The van der Waals surface area contributed by atoms with Crippen LogP contribution in [0.3, 0.4) is 0 Å². The molecule has 0 unspecified atom stereocenters. The molecule has 2 atom stereocenters. The molecule has 126 valence electrons. The first-order chi connectivity index (χ1) is 11.8. The monoisotopic (exact) mass is 344 g/mol. The lowest BCUT2D eigenvalue weighted by molar-refractivity contribution is 0.180. The number of nitrogens with one attached hydrogen (secondary N) is 2. The van der Waals surface area contributed by atoms with Crippen LogP contribution in [0.15, 0.2) is 24.4 Å². The van der Waals surface area contributed by atoms with Gasteiger partial charge in [-0.05, 0) is 37.9 Å². The molecule has 24 heavy (non-hydrogen) atoms. The van der Waals surface area contributed by atoms with Gasteiger partial charge in [0.25, 0.3) is 0 Å². The van der Waals surface area contributed by atoms with Gasteiger partial charge in [0.2, 0.25) is 5.13 Å². The van der Waals surface area contributed by atoms with Gasteiger partial charge in [-0.25, -0.2) is 4.79 Å². The highest BCUT2D eigenvalue weighted by Gasteiger charge is 2.36. The van der Waals surface area contributed by atoms with Crippen molar-refractivity contribution < 1.29 is 4.79 Å². The molecule has 4 heterocycles. The second kappa shape index (κ2) is 6.82. The maximum atomic E-state index is 12.3. The van der Waals surface area contributed by atoms with Crippen molar-refractivity contribution in [3.05, 3.63) is 24.4 Å². The molecule has 2 aliphatic rings. The second-order valence-electron chi connectivity index (χ2n) is 6.22. The second-order valence-corrected chi connectivity index (χ2v) is 7.20. The van der Waals surface area contributed by atoms with E-state index >= 15 is 0 Å².